The number of alkyl halides is 3. The number of anilines is 2. The van der Waals surface area contributed by atoms with E-state index < -0.39 is 28.5 Å². The number of hydrogen-bond donors (Lipinski definition) is 4. The van der Waals surface area contributed by atoms with Gasteiger partial charge >= 0.3 is 6.18 Å². The fourth-order valence-electron chi connectivity index (χ4n) is 3.25. The van der Waals surface area contributed by atoms with Crippen molar-refractivity contribution < 1.29 is 26.9 Å². The second-order valence-electron chi connectivity index (χ2n) is 8.01. The zero-order chi connectivity index (χ0) is 27.1. The minimum Gasteiger partial charge on any atom is -0.454 e. The van der Waals surface area contributed by atoms with Gasteiger partial charge in [0.2, 0.25) is 0 Å². The van der Waals surface area contributed by atoms with Gasteiger partial charge in [0.1, 0.15) is 17.2 Å². The van der Waals surface area contributed by atoms with Crippen molar-refractivity contribution in [3.63, 3.8) is 0 Å². The lowest BCUT2D eigenvalue weighted by Crippen LogP contribution is -2.33. The Morgan fingerprint density at radius 3 is 2.46 bits per heavy atom. The molecule has 4 N–H and O–H groups in total. The number of unbranched alkanes of at least 4 members (excludes halogenated alkanes) is 1. The number of amides is 1. The van der Waals surface area contributed by atoms with Crippen LogP contribution in [0.15, 0.2) is 71.6 Å². The maximum Gasteiger partial charge on any atom is 0.405 e. The van der Waals surface area contributed by atoms with Crippen LogP contribution in [0.2, 0.25) is 5.02 Å². The van der Waals surface area contributed by atoms with Gasteiger partial charge in [-0.15, -0.1) is 0 Å². The van der Waals surface area contributed by atoms with Gasteiger partial charge < -0.3 is 15.4 Å². The second-order valence-corrected chi connectivity index (χ2v) is 10.2. The zero-order valence-corrected chi connectivity index (χ0v) is 21.4. The topological polar surface area (TPSA) is 103 Å². The number of rotatable bonds is 11. The lowest BCUT2D eigenvalue weighted by Gasteiger charge is -2.21. The van der Waals surface area contributed by atoms with E-state index in [1.807, 2.05) is 12.2 Å². The summed E-state index contributed by atoms with van der Waals surface area (Å²) >= 11 is 6.02. The quantitative estimate of drug-likeness (QED) is 0.190. The number of para-hydroxylation sites is 1. The van der Waals surface area contributed by atoms with Crippen molar-refractivity contribution in [2.45, 2.75) is 30.8 Å². The Labute approximate surface area is 218 Å². The molecular weight excluding hydrogens is 529 g/mol. The molecule has 0 heterocycles. The molecule has 3 rings (SSSR count). The van der Waals surface area contributed by atoms with E-state index in [4.69, 9.17) is 21.1 Å². The van der Waals surface area contributed by atoms with E-state index in [-0.39, 0.29) is 27.6 Å². The number of hydrogen-bond acceptors (Lipinski definition) is 5. The van der Waals surface area contributed by atoms with Crippen molar-refractivity contribution in [1.29, 1.82) is 4.78 Å². The Bertz CT molecular complexity index is 1340. The predicted octanol–water partition coefficient (Wildman–Crippen LogP) is 7.07. The van der Waals surface area contributed by atoms with Gasteiger partial charge in [0, 0.05) is 22.8 Å². The maximum atomic E-state index is 13.7. The molecule has 0 aliphatic carbocycles. The molecule has 1 atom stereocenters. The van der Waals surface area contributed by atoms with Crippen LogP contribution in [0, 0.1) is 4.78 Å². The van der Waals surface area contributed by atoms with Crippen molar-refractivity contribution >= 4 is 38.8 Å². The summed E-state index contributed by atoms with van der Waals surface area (Å²) in [7, 11) is -3.91. The molecule has 0 aliphatic heterocycles. The van der Waals surface area contributed by atoms with Crippen LogP contribution in [-0.4, -0.2) is 29.4 Å². The molecular formula is C25H26ClF3N4O3S. The Morgan fingerprint density at radius 1 is 1.08 bits per heavy atom. The smallest absolute Gasteiger partial charge is 0.405 e. The summed E-state index contributed by atoms with van der Waals surface area (Å²) in [5, 5.41) is 5.25. The summed E-state index contributed by atoms with van der Waals surface area (Å²) in [6.07, 6.45) is -3.04. The highest BCUT2D eigenvalue weighted by atomic mass is 35.5. The highest BCUT2D eigenvalue weighted by Gasteiger charge is 2.29. The average molecular weight is 555 g/mol. The van der Waals surface area contributed by atoms with Crippen LogP contribution in [0.4, 0.5) is 24.5 Å². The van der Waals surface area contributed by atoms with E-state index in [1.54, 1.807) is 48.5 Å². The van der Waals surface area contributed by atoms with Gasteiger partial charge in [0.25, 0.3) is 5.91 Å². The third-order valence-electron chi connectivity index (χ3n) is 4.97. The van der Waals surface area contributed by atoms with Crippen molar-refractivity contribution in [2.24, 2.45) is 0 Å². The zero-order valence-electron chi connectivity index (χ0n) is 19.8. The molecule has 37 heavy (non-hydrogen) atoms. The first-order chi connectivity index (χ1) is 17.5. The van der Waals surface area contributed by atoms with Gasteiger partial charge in [-0.1, -0.05) is 49.2 Å². The highest BCUT2D eigenvalue weighted by Crippen LogP contribution is 2.39. The summed E-state index contributed by atoms with van der Waals surface area (Å²) in [6, 6.07) is 17.2. The Kier molecular flexibility index (Phi) is 9.28. The Balaban J connectivity index is 2.14. The van der Waals surface area contributed by atoms with Crippen LogP contribution >= 0.6 is 11.6 Å². The molecule has 1 unspecified atom stereocenters. The summed E-state index contributed by atoms with van der Waals surface area (Å²) in [5.74, 6) is -0.667. The number of halogens is 4. The third kappa shape index (κ3) is 8.29. The van der Waals surface area contributed by atoms with E-state index in [1.165, 1.54) is 12.1 Å². The molecule has 3 aromatic carbocycles. The number of nitrogens with one attached hydrogen (secondary N) is 4. The van der Waals surface area contributed by atoms with Gasteiger partial charge in [-0.05, 0) is 48.9 Å². The Morgan fingerprint density at radius 2 is 1.81 bits per heavy atom. The lowest BCUT2D eigenvalue weighted by molar-refractivity contribution is -0.123. The molecule has 1 amide bonds. The van der Waals surface area contributed by atoms with E-state index >= 15 is 0 Å². The number of benzene rings is 3. The number of carbonyl (C=O) groups excluding carboxylic acids is 1. The molecule has 0 aliphatic rings. The van der Waals surface area contributed by atoms with Gasteiger partial charge in [0.05, 0.1) is 5.69 Å². The molecule has 0 saturated heterocycles. The molecule has 12 heteroatoms. The second kappa shape index (κ2) is 12.2. The monoisotopic (exact) mass is 554 g/mol. The van der Waals surface area contributed by atoms with Crippen LogP contribution in [0.25, 0.3) is 0 Å². The molecule has 7 nitrogen and oxygen atoms in total. The fraction of sp³-hybridized carbons (Fsp3) is 0.240. The molecule has 0 bridgehead atoms. The summed E-state index contributed by atoms with van der Waals surface area (Å²) < 4.78 is 69.2. The van der Waals surface area contributed by atoms with Gasteiger partial charge in [-0.3, -0.25) is 9.52 Å². The summed E-state index contributed by atoms with van der Waals surface area (Å²) in [5.41, 5.74) is 0.261. The standard InChI is InChI=1S/C25H26ClF3N4O3S/c1-2-3-12-31-21-13-17(24(34)32-16-25(27,28)29)14-22(23(21)36-20-10-5-4-6-11-20)37(30,35)33-19-9-7-8-18(26)15-19/h4-11,13-15,31H,2-3,12,16H2,1H3,(H,32,34)(H2,30,33,35). The van der Waals surface area contributed by atoms with Crippen LogP contribution in [0.3, 0.4) is 0 Å². The molecule has 3 aromatic rings. The van der Waals surface area contributed by atoms with Crippen LogP contribution in [-0.2, 0) is 9.92 Å². The SMILES string of the molecule is CCCCNc1cc(C(=O)NCC(F)(F)F)cc(S(=N)(=O)Nc2cccc(Cl)c2)c1Oc1ccccc1. The first-order valence-corrected chi connectivity index (χ1v) is 13.2. The number of carbonyl (C=O) groups is 1. The van der Waals surface area contributed by atoms with E-state index in [9.17, 15) is 22.2 Å². The molecule has 0 fully saturated rings. The summed E-state index contributed by atoms with van der Waals surface area (Å²) in [6.45, 7) is 0.871. The predicted molar refractivity (Wildman–Crippen MR) is 139 cm³/mol. The van der Waals surface area contributed by atoms with Crippen molar-refractivity contribution in [2.75, 3.05) is 23.1 Å². The summed E-state index contributed by atoms with van der Waals surface area (Å²) in [4.78, 5) is 12.4. The Hall–Kier alpha value is -3.44. The number of ether oxygens (including phenoxy) is 1. The third-order valence-corrected chi connectivity index (χ3v) is 6.65. The molecule has 0 spiro atoms. The van der Waals surface area contributed by atoms with Crippen LogP contribution in [0.5, 0.6) is 11.5 Å². The molecule has 0 radical (unpaired) electrons. The van der Waals surface area contributed by atoms with Crippen molar-refractivity contribution in [3.8, 4) is 11.5 Å². The van der Waals surface area contributed by atoms with Gasteiger partial charge in [0.15, 0.2) is 15.7 Å². The maximum absolute atomic E-state index is 13.7. The van der Waals surface area contributed by atoms with Gasteiger partial charge in [-0.25, -0.2) is 8.99 Å². The van der Waals surface area contributed by atoms with Crippen molar-refractivity contribution in [1.82, 2.24) is 5.32 Å². The fourth-order valence-corrected chi connectivity index (χ4v) is 4.71. The van der Waals surface area contributed by atoms with Crippen molar-refractivity contribution in [3.05, 3.63) is 77.3 Å². The largest absolute Gasteiger partial charge is 0.454 e. The molecule has 0 saturated carbocycles. The molecule has 198 valence electrons. The first-order valence-electron chi connectivity index (χ1n) is 11.3. The molecule has 0 aromatic heterocycles. The average Bonchev–Trinajstić information content (AvgIpc) is 2.83. The van der Waals surface area contributed by atoms with E-state index in [0.717, 1.165) is 18.9 Å². The van der Waals surface area contributed by atoms with E-state index in [2.05, 4.69) is 10.0 Å². The van der Waals surface area contributed by atoms with Gasteiger partial charge in [-0.2, -0.15) is 13.2 Å². The van der Waals surface area contributed by atoms with E-state index in [0.29, 0.717) is 17.3 Å². The lowest BCUT2D eigenvalue weighted by atomic mass is 10.1. The van der Waals surface area contributed by atoms with Crippen LogP contribution < -0.4 is 20.1 Å². The van der Waals surface area contributed by atoms with Crippen LogP contribution in [0.1, 0.15) is 30.1 Å². The minimum atomic E-state index is -4.62. The highest BCUT2D eigenvalue weighted by molar-refractivity contribution is 7.93. The minimum absolute atomic E-state index is 0.00389. The first kappa shape index (κ1) is 28.1. The normalized spacial score (nSPS) is 12.9.